The molecular weight excluding hydrogens is 522 g/mol. The highest BCUT2D eigenvalue weighted by molar-refractivity contribution is 6.07. The molecule has 0 atom stereocenters. The number of alkyl carbamates (subject to hydrolysis) is 1. The quantitative estimate of drug-likeness (QED) is 0.295. The molecule has 5 rings (SSSR count). The molecule has 11 heteroatoms. The van der Waals surface area contributed by atoms with Crippen molar-refractivity contribution >= 4 is 29.2 Å². The molecule has 0 saturated carbocycles. The second kappa shape index (κ2) is 12.9. The van der Waals surface area contributed by atoms with Crippen molar-refractivity contribution in [1.82, 2.24) is 20.3 Å². The third-order valence-electron chi connectivity index (χ3n) is 6.63. The number of pyridine rings is 1. The zero-order valence-electron chi connectivity index (χ0n) is 22.7. The van der Waals surface area contributed by atoms with E-state index in [2.05, 4.69) is 30.5 Å². The summed E-state index contributed by atoms with van der Waals surface area (Å²) in [4.78, 5) is 40.5. The SMILES string of the molecule is Cc1cc(CNC(=O)OCc2ccccc2)ccc1-c1cnc(N)c(C(=O)Nc2cnccc2N2CCOCC2)n1. The topological polar surface area (TPSA) is 145 Å². The van der Waals surface area contributed by atoms with Crippen LogP contribution in [-0.2, 0) is 22.6 Å². The van der Waals surface area contributed by atoms with Gasteiger partial charge in [-0.3, -0.25) is 9.78 Å². The Morgan fingerprint density at radius 1 is 1.05 bits per heavy atom. The van der Waals surface area contributed by atoms with Crippen molar-refractivity contribution < 1.29 is 19.1 Å². The molecule has 0 bridgehead atoms. The molecule has 0 spiro atoms. The number of amides is 2. The van der Waals surface area contributed by atoms with Crippen molar-refractivity contribution in [3.63, 3.8) is 0 Å². The van der Waals surface area contributed by atoms with Gasteiger partial charge >= 0.3 is 6.09 Å². The van der Waals surface area contributed by atoms with Crippen LogP contribution in [0.15, 0.2) is 73.2 Å². The molecule has 1 saturated heterocycles. The van der Waals surface area contributed by atoms with Gasteiger partial charge in [0.25, 0.3) is 5.91 Å². The number of ether oxygens (including phenoxy) is 2. The van der Waals surface area contributed by atoms with Crippen molar-refractivity contribution in [3.05, 3.63) is 95.6 Å². The lowest BCUT2D eigenvalue weighted by Crippen LogP contribution is -2.36. The first-order chi connectivity index (χ1) is 20.0. The maximum Gasteiger partial charge on any atom is 0.407 e. The van der Waals surface area contributed by atoms with E-state index in [9.17, 15) is 9.59 Å². The summed E-state index contributed by atoms with van der Waals surface area (Å²) in [6.07, 6.45) is 4.33. The Hall–Kier alpha value is -5.03. The summed E-state index contributed by atoms with van der Waals surface area (Å²) >= 11 is 0. The standard InChI is InChI=1S/C30H31N7O4/c1-20-15-22(16-34-30(39)41-19-21-5-3-2-4-6-21)7-8-23(20)24-18-33-28(31)27(35-24)29(38)36-25-17-32-10-9-26(25)37-11-13-40-14-12-37/h2-10,15,17-18H,11-14,16,19H2,1H3,(H2,31,33)(H,34,39)(H,36,38). The van der Waals surface area contributed by atoms with Gasteiger partial charge < -0.3 is 30.7 Å². The molecule has 0 unspecified atom stereocenters. The molecule has 210 valence electrons. The number of anilines is 3. The number of carbonyl (C=O) groups excluding carboxylic acids is 2. The largest absolute Gasteiger partial charge is 0.445 e. The van der Waals surface area contributed by atoms with E-state index in [1.807, 2.05) is 61.5 Å². The van der Waals surface area contributed by atoms with E-state index in [0.717, 1.165) is 27.9 Å². The Morgan fingerprint density at radius 2 is 1.85 bits per heavy atom. The highest BCUT2D eigenvalue weighted by atomic mass is 16.5. The molecule has 2 aromatic heterocycles. The number of nitrogen functional groups attached to an aromatic ring is 1. The van der Waals surface area contributed by atoms with Crippen LogP contribution in [0.3, 0.4) is 0 Å². The van der Waals surface area contributed by atoms with Gasteiger partial charge in [0.2, 0.25) is 0 Å². The number of carbonyl (C=O) groups is 2. The Kier molecular flexibility index (Phi) is 8.65. The van der Waals surface area contributed by atoms with Gasteiger partial charge in [-0.25, -0.2) is 14.8 Å². The van der Waals surface area contributed by atoms with Gasteiger partial charge in [0, 0.05) is 31.4 Å². The van der Waals surface area contributed by atoms with Crippen LogP contribution in [0.25, 0.3) is 11.3 Å². The van der Waals surface area contributed by atoms with Crippen molar-refractivity contribution in [2.75, 3.05) is 42.3 Å². The van der Waals surface area contributed by atoms with Crippen LogP contribution in [0.4, 0.5) is 22.0 Å². The molecule has 1 fully saturated rings. The average Bonchev–Trinajstić information content (AvgIpc) is 3.00. The van der Waals surface area contributed by atoms with Crippen molar-refractivity contribution in [1.29, 1.82) is 0 Å². The monoisotopic (exact) mass is 553 g/mol. The van der Waals surface area contributed by atoms with Crippen LogP contribution in [-0.4, -0.2) is 53.3 Å². The highest BCUT2D eigenvalue weighted by Crippen LogP contribution is 2.27. The fourth-order valence-electron chi connectivity index (χ4n) is 4.51. The van der Waals surface area contributed by atoms with Gasteiger partial charge in [0.05, 0.1) is 42.7 Å². The Labute approximate surface area is 237 Å². The molecule has 3 heterocycles. The number of hydrogen-bond donors (Lipinski definition) is 3. The Morgan fingerprint density at radius 3 is 2.63 bits per heavy atom. The van der Waals surface area contributed by atoms with Crippen molar-refractivity contribution in [2.24, 2.45) is 0 Å². The van der Waals surface area contributed by atoms with E-state index in [-0.39, 0.29) is 18.1 Å². The maximum absolute atomic E-state index is 13.3. The first-order valence-electron chi connectivity index (χ1n) is 13.2. The van der Waals surface area contributed by atoms with Crippen molar-refractivity contribution in [2.45, 2.75) is 20.1 Å². The van der Waals surface area contributed by atoms with Gasteiger partial charge in [0.15, 0.2) is 11.5 Å². The fourth-order valence-corrected chi connectivity index (χ4v) is 4.51. The number of hydrogen-bond acceptors (Lipinski definition) is 9. The van der Waals surface area contributed by atoms with E-state index >= 15 is 0 Å². The molecule has 0 radical (unpaired) electrons. The first kappa shape index (κ1) is 27.5. The summed E-state index contributed by atoms with van der Waals surface area (Å²) in [5.41, 5.74) is 11.5. The van der Waals surface area contributed by atoms with E-state index in [1.165, 1.54) is 6.20 Å². The minimum atomic E-state index is -0.499. The first-order valence-corrected chi connectivity index (χ1v) is 13.2. The summed E-state index contributed by atoms with van der Waals surface area (Å²) < 4.78 is 10.7. The molecule has 4 N–H and O–H groups in total. The van der Waals surface area contributed by atoms with Crippen molar-refractivity contribution in [3.8, 4) is 11.3 Å². The molecule has 2 aromatic carbocycles. The summed E-state index contributed by atoms with van der Waals surface area (Å²) in [5.74, 6) is -0.456. The zero-order valence-corrected chi connectivity index (χ0v) is 22.7. The normalized spacial score (nSPS) is 13.0. The number of aromatic nitrogens is 3. The summed E-state index contributed by atoms with van der Waals surface area (Å²) in [7, 11) is 0. The predicted octanol–water partition coefficient (Wildman–Crippen LogP) is 3.94. The zero-order chi connectivity index (χ0) is 28.6. The van der Waals surface area contributed by atoms with Gasteiger partial charge in [-0.15, -0.1) is 0 Å². The van der Waals surface area contributed by atoms with Crippen LogP contribution in [0.5, 0.6) is 0 Å². The number of morpholine rings is 1. The Balaban J connectivity index is 1.25. The van der Waals surface area contributed by atoms with E-state index < -0.39 is 12.0 Å². The van der Waals surface area contributed by atoms with Gasteiger partial charge in [-0.2, -0.15) is 0 Å². The predicted molar refractivity (Wildman–Crippen MR) is 155 cm³/mol. The lowest BCUT2D eigenvalue weighted by atomic mass is 10.0. The molecule has 2 amide bonds. The van der Waals surface area contributed by atoms with Gasteiger partial charge in [0.1, 0.15) is 6.61 Å². The average molecular weight is 554 g/mol. The van der Waals surface area contributed by atoms with Gasteiger partial charge in [-0.1, -0.05) is 48.5 Å². The highest BCUT2D eigenvalue weighted by Gasteiger charge is 2.20. The molecule has 11 nitrogen and oxygen atoms in total. The fraction of sp³-hybridized carbons (Fsp3) is 0.233. The third-order valence-corrected chi connectivity index (χ3v) is 6.63. The maximum atomic E-state index is 13.3. The van der Waals surface area contributed by atoms with E-state index in [4.69, 9.17) is 15.2 Å². The minimum Gasteiger partial charge on any atom is -0.445 e. The smallest absolute Gasteiger partial charge is 0.407 e. The number of nitrogens with zero attached hydrogens (tertiary/aromatic N) is 4. The minimum absolute atomic E-state index is 0.0191. The van der Waals surface area contributed by atoms with Crippen LogP contribution in [0.2, 0.25) is 0 Å². The lowest BCUT2D eigenvalue weighted by molar-refractivity contribution is 0.102. The van der Waals surface area contributed by atoms with Crippen LogP contribution in [0, 0.1) is 6.92 Å². The molecule has 1 aliphatic heterocycles. The number of aryl methyl sites for hydroxylation is 1. The molecule has 41 heavy (non-hydrogen) atoms. The van der Waals surface area contributed by atoms with Crippen LogP contribution >= 0.6 is 0 Å². The molecule has 1 aliphatic rings. The van der Waals surface area contributed by atoms with E-state index in [0.29, 0.717) is 44.2 Å². The van der Waals surface area contributed by atoms with Crippen LogP contribution < -0.4 is 21.3 Å². The van der Waals surface area contributed by atoms with E-state index in [1.54, 1.807) is 12.4 Å². The lowest BCUT2D eigenvalue weighted by Gasteiger charge is -2.30. The second-order valence-corrected chi connectivity index (χ2v) is 9.50. The molecule has 0 aliphatic carbocycles. The summed E-state index contributed by atoms with van der Waals surface area (Å²) in [6.45, 7) is 5.08. The summed E-state index contributed by atoms with van der Waals surface area (Å²) in [5, 5.41) is 5.66. The molecular formula is C30H31N7O4. The van der Waals surface area contributed by atoms with Crippen LogP contribution in [0.1, 0.15) is 27.2 Å². The number of nitrogens with one attached hydrogen (secondary N) is 2. The number of benzene rings is 2. The summed E-state index contributed by atoms with van der Waals surface area (Å²) in [6, 6.07) is 17.0. The van der Waals surface area contributed by atoms with Gasteiger partial charge in [-0.05, 0) is 29.7 Å². The Bertz CT molecular complexity index is 1520. The molecule has 4 aromatic rings. The second-order valence-electron chi connectivity index (χ2n) is 9.50. The number of rotatable bonds is 8. The number of nitrogens with two attached hydrogens (primary N) is 1. The third kappa shape index (κ3) is 6.95.